The first-order valence-corrected chi connectivity index (χ1v) is 11.9. The molecule has 180 valence electrons. The molecule has 2 aliphatic heterocycles. The van der Waals surface area contributed by atoms with Crippen molar-refractivity contribution >= 4 is 28.5 Å². The summed E-state index contributed by atoms with van der Waals surface area (Å²) < 4.78 is 31.0. The average Bonchev–Trinajstić information content (AvgIpc) is 3.49. The van der Waals surface area contributed by atoms with Crippen LogP contribution >= 0.6 is 11.8 Å². The van der Waals surface area contributed by atoms with Crippen LogP contribution in [0, 0.1) is 11.7 Å². The van der Waals surface area contributed by atoms with E-state index in [1.807, 2.05) is 6.92 Å². The number of aliphatic imine (C=N–C) groups is 1. The van der Waals surface area contributed by atoms with E-state index in [1.165, 1.54) is 36.3 Å². The zero-order chi connectivity index (χ0) is 23.9. The molecule has 34 heavy (non-hydrogen) atoms. The first kappa shape index (κ1) is 23.0. The van der Waals surface area contributed by atoms with E-state index in [1.54, 1.807) is 13.2 Å². The van der Waals surface area contributed by atoms with Crippen molar-refractivity contribution in [2.24, 2.45) is 16.6 Å². The van der Waals surface area contributed by atoms with E-state index in [2.05, 4.69) is 20.3 Å². The number of carbonyl (C=O) groups is 1. The summed E-state index contributed by atoms with van der Waals surface area (Å²) in [5, 5.41) is 3.17. The number of benzene rings is 1. The molecule has 3 N–H and O–H groups in total. The number of anilines is 1. The Balaban J connectivity index is 1.31. The van der Waals surface area contributed by atoms with E-state index in [0.717, 1.165) is 19.4 Å². The molecule has 5 rings (SSSR count). The Labute approximate surface area is 200 Å². The summed E-state index contributed by atoms with van der Waals surface area (Å²) >= 11 is 1.49. The molecule has 1 saturated carbocycles. The van der Waals surface area contributed by atoms with Crippen molar-refractivity contribution in [3.63, 3.8) is 0 Å². The van der Waals surface area contributed by atoms with Gasteiger partial charge in [-0.1, -0.05) is 11.8 Å². The second-order valence-corrected chi connectivity index (χ2v) is 10.4. The molecular formula is C23H26FN5O4S. The van der Waals surface area contributed by atoms with Gasteiger partial charge in [-0.05, 0) is 31.5 Å². The molecule has 4 atom stereocenters. The lowest BCUT2D eigenvalue weighted by molar-refractivity contribution is -0.0727. The van der Waals surface area contributed by atoms with Gasteiger partial charge in [0.15, 0.2) is 5.17 Å². The predicted octanol–water partition coefficient (Wildman–Crippen LogP) is 2.72. The highest BCUT2D eigenvalue weighted by Crippen LogP contribution is 2.66. The zero-order valence-corrected chi connectivity index (χ0v) is 19.7. The third-order valence-corrected chi connectivity index (χ3v) is 7.86. The zero-order valence-electron chi connectivity index (χ0n) is 18.9. The molecule has 1 aromatic carbocycles. The minimum absolute atomic E-state index is 0.0708. The number of aromatic nitrogens is 2. The fourth-order valence-electron chi connectivity index (χ4n) is 4.62. The minimum atomic E-state index is -0.859. The number of rotatable bonds is 8. The van der Waals surface area contributed by atoms with Crippen molar-refractivity contribution in [1.82, 2.24) is 9.97 Å². The van der Waals surface area contributed by atoms with Crippen LogP contribution in [-0.2, 0) is 15.0 Å². The van der Waals surface area contributed by atoms with Gasteiger partial charge in [0.2, 0.25) is 5.88 Å². The molecule has 11 heteroatoms. The second-order valence-electron chi connectivity index (χ2n) is 8.94. The van der Waals surface area contributed by atoms with Gasteiger partial charge in [-0.15, -0.1) is 0 Å². The highest BCUT2D eigenvalue weighted by atomic mass is 32.2. The predicted molar refractivity (Wildman–Crippen MR) is 126 cm³/mol. The number of nitrogens with zero attached hydrogens (tertiary/aromatic N) is 3. The Hall–Kier alpha value is -2.76. The van der Waals surface area contributed by atoms with Crippen LogP contribution in [0.5, 0.6) is 5.88 Å². The van der Waals surface area contributed by atoms with E-state index in [4.69, 9.17) is 19.9 Å². The van der Waals surface area contributed by atoms with Crippen molar-refractivity contribution in [3.05, 3.63) is 47.7 Å². The Morgan fingerprint density at radius 2 is 2.21 bits per heavy atom. The first-order chi connectivity index (χ1) is 16.3. The van der Waals surface area contributed by atoms with Crippen molar-refractivity contribution in [2.45, 2.75) is 36.2 Å². The van der Waals surface area contributed by atoms with E-state index >= 15 is 0 Å². The maximum atomic E-state index is 15.0. The maximum Gasteiger partial charge on any atom is 0.275 e. The van der Waals surface area contributed by atoms with Crippen LogP contribution in [0.4, 0.5) is 10.1 Å². The number of hydrogen-bond acceptors (Lipinski definition) is 9. The van der Waals surface area contributed by atoms with Gasteiger partial charge in [0, 0.05) is 37.3 Å². The number of methoxy groups -OCH3 is 1. The molecule has 0 unspecified atom stereocenters. The van der Waals surface area contributed by atoms with Gasteiger partial charge in [0.05, 0.1) is 35.4 Å². The van der Waals surface area contributed by atoms with E-state index in [0.29, 0.717) is 35.5 Å². The molecular weight excluding hydrogens is 461 g/mol. The number of thioether (sulfide) groups is 1. The minimum Gasteiger partial charge on any atom is -0.474 e. The molecule has 1 amide bonds. The van der Waals surface area contributed by atoms with Crippen molar-refractivity contribution in [3.8, 4) is 5.88 Å². The van der Waals surface area contributed by atoms with Crippen LogP contribution in [0.3, 0.4) is 0 Å². The van der Waals surface area contributed by atoms with E-state index in [9.17, 15) is 9.18 Å². The molecule has 0 spiro atoms. The molecule has 2 fully saturated rings. The molecule has 1 aromatic heterocycles. The monoisotopic (exact) mass is 487 g/mol. The van der Waals surface area contributed by atoms with Crippen molar-refractivity contribution in [1.29, 1.82) is 0 Å². The summed E-state index contributed by atoms with van der Waals surface area (Å²) in [6.07, 6.45) is 4.59. The van der Waals surface area contributed by atoms with Crippen LogP contribution in [0.15, 0.2) is 35.6 Å². The van der Waals surface area contributed by atoms with Gasteiger partial charge in [-0.25, -0.2) is 14.4 Å². The number of nitrogens with one attached hydrogen (secondary N) is 1. The Kier molecular flexibility index (Phi) is 5.95. The number of amides is 1. The molecule has 3 aliphatic rings. The number of amidine groups is 1. The summed E-state index contributed by atoms with van der Waals surface area (Å²) in [6, 6.07) is 4.44. The van der Waals surface area contributed by atoms with E-state index < -0.39 is 17.3 Å². The quantitative estimate of drug-likeness (QED) is 0.583. The fraction of sp³-hybridized carbons (Fsp3) is 0.478. The second kappa shape index (κ2) is 8.79. The van der Waals surface area contributed by atoms with Gasteiger partial charge in [0.1, 0.15) is 18.1 Å². The topological polar surface area (TPSA) is 121 Å². The summed E-state index contributed by atoms with van der Waals surface area (Å²) in [5.74, 6) is -0.481. The number of nitrogens with two attached hydrogens (primary N) is 1. The first-order valence-electron chi connectivity index (χ1n) is 11.0. The third kappa shape index (κ3) is 4.23. The van der Waals surface area contributed by atoms with Gasteiger partial charge in [-0.2, -0.15) is 0 Å². The van der Waals surface area contributed by atoms with Crippen molar-refractivity contribution < 1.29 is 23.4 Å². The molecule has 1 saturated heterocycles. The summed E-state index contributed by atoms with van der Waals surface area (Å²) in [7, 11) is 1.64. The standard InChI is InChI=1S/C23H26FN5O4S/c1-22(18-8-23(18,12-31-2)34-21(25)29-22)15-7-13(3-4-16(15)24)28-20(30)17-9-27-19(10-26-17)33-11-14-5-6-32-14/h3-4,7,9-10,14,18H,5-6,8,11-12H2,1-2H3,(H2,25,29)(H,28,30)/t14-,18-,22+,23+/m0/s1. The van der Waals surface area contributed by atoms with Crippen LogP contribution < -0.4 is 15.8 Å². The number of fused-ring (bicyclic) bond motifs is 1. The highest BCUT2D eigenvalue weighted by Gasteiger charge is 2.66. The van der Waals surface area contributed by atoms with Gasteiger partial charge in [0.25, 0.3) is 5.91 Å². The van der Waals surface area contributed by atoms with Gasteiger partial charge >= 0.3 is 0 Å². The molecule has 9 nitrogen and oxygen atoms in total. The third-order valence-electron chi connectivity index (χ3n) is 6.58. The summed E-state index contributed by atoms with van der Waals surface area (Å²) in [6.45, 7) is 3.54. The Bertz CT molecular complexity index is 1130. The van der Waals surface area contributed by atoms with E-state index in [-0.39, 0.29) is 22.5 Å². The average molecular weight is 488 g/mol. The molecule has 2 aromatic rings. The summed E-state index contributed by atoms with van der Waals surface area (Å²) in [4.78, 5) is 25.6. The number of hydrogen-bond donors (Lipinski definition) is 2. The molecule has 1 aliphatic carbocycles. The Morgan fingerprint density at radius 3 is 2.88 bits per heavy atom. The largest absolute Gasteiger partial charge is 0.474 e. The van der Waals surface area contributed by atoms with Crippen LogP contribution in [0.25, 0.3) is 0 Å². The van der Waals surface area contributed by atoms with Crippen molar-refractivity contribution in [2.75, 3.05) is 32.2 Å². The normalized spacial score (nSPS) is 29.4. The summed E-state index contributed by atoms with van der Waals surface area (Å²) in [5.41, 5.74) is 6.18. The molecule has 0 bridgehead atoms. The smallest absolute Gasteiger partial charge is 0.275 e. The molecule has 0 radical (unpaired) electrons. The highest BCUT2D eigenvalue weighted by molar-refractivity contribution is 8.15. The van der Waals surface area contributed by atoms with Crippen LogP contribution in [-0.4, -0.2) is 58.8 Å². The molecule has 3 heterocycles. The number of halogens is 1. The maximum absolute atomic E-state index is 15.0. The lowest BCUT2D eigenvalue weighted by Gasteiger charge is -2.34. The number of ether oxygens (including phenoxy) is 3. The van der Waals surface area contributed by atoms with Crippen LogP contribution in [0.1, 0.15) is 35.8 Å². The van der Waals surface area contributed by atoms with Gasteiger partial charge in [-0.3, -0.25) is 9.79 Å². The van der Waals surface area contributed by atoms with Gasteiger partial charge < -0.3 is 25.3 Å². The SMILES string of the molecule is COC[C@]12C[C@H]1[C@@](C)(c1cc(NC(=O)c3cnc(OC[C@@H]4CCO4)cn3)ccc1F)N=C(N)S2. The van der Waals surface area contributed by atoms with Crippen LogP contribution in [0.2, 0.25) is 0 Å². The lowest BCUT2D eigenvalue weighted by Crippen LogP contribution is -2.37. The Morgan fingerprint density at radius 1 is 1.38 bits per heavy atom. The fourth-order valence-corrected chi connectivity index (χ4v) is 6.07. The lowest BCUT2D eigenvalue weighted by atomic mass is 9.85. The number of carbonyl (C=O) groups excluding carboxylic acids is 1.